The minimum atomic E-state index is -0.467. The van der Waals surface area contributed by atoms with Gasteiger partial charge < -0.3 is 14.7 Å². The van der Waals surface area contributed by atoms with E-state index < -0.39 is 6.10 Å². The molecule has 110 valence electrons. The Hall–Kier alpha value is -1.55. The molecule has 0 aromatic heterocycles. The van der Waals surface area contributed by atoms with Crippen molar-refractivity contribution in [3.05, 3.63) is 29.8 Å². The van der Waals surface area contributed by atoms with Crippen molar-refractivity contribution in [2.45, 2.75) is 32.8 Å². The summed E-state index contributed by atoms with van der Waals surface area (Å²) in [5.74, 6) is 1.18. The Morgan fingerprint density at radius 2 is 2.15 bits per heavy atom. The summed E-state index contributed by atoms with van der Waals surface area (Å²) in [6.45, 7) is 5.51. The van der Waals surface area contributed by atoms with Crippen LogP contribution in [0.2, 0.25) is 0 Å². The van der Waals surface area contributed by atoms with Gasteiger partial charge in [0.1, 0.15) is 5.75 Å². The van der Waals surface area contributed by atoms with Crippen LogP contribution in [0.1, 0.15) is 25.3 Å². The summed E-state index contributed by atoms with van der Waals surface area (Å²) < 4.78 is 5.70. The highest BCUT2D eigenvalue weighted by Crippen LogP contribution is 2.21. The maximum Gasteiger partial charge on any atom is 0.263 e. The van der Waals surface area contributed by atoms with Crippen molar-refractivity contribution in [3.63, 3.8) is 0 Å². The molecule has 2 atom stereocenters. The zero-order valence-electron chi connectivity index (χ0n) is 12.2. The van der Waals surface area contributed by atoms with Crippen molar-refractivity contribution in [2.75, 3.05) is 19.7 Å². The van der Waals surface area contributed by atoms with Crippen LogP contribution in [0.3, 0.4) is 0 Å². The number of carbonyl (C=O) groups is 1. The number of nitrogens with zero attached hydrogens (tertiary/aromatic N) is 1. The van der Waals surface area contributed by atoms with Crippen molar-refractivity contribution < 1.29 is 14.6 Å². The smallest absolute Gasteiger partial charge is 0.263 e. The molecule has 0 aliphatic carbocycles. The van der Waals surface area contributed by atoms with Crippen LogP contribution in [0.15, 0.2) is 24.3 Å². The molecule has 1 aromatic rings. The van der Waals surface area contributed by atoms with Crippen molar-refractivity contribution in [1.29, 1.82) is 0 Å². The third-order valence-electron chi connectivity index (χ3n) is 3.82. The first-order valence-corrected chi connectivity index (χ1v) is 7.23. The van der Waals surface area contributed by atoms with Crippen LogP contribution < -0.4 is 4.74 Å². The minimum absolute atomic E-state index is 0.0333. The number of benzene rings is 1. The molecule has 1 saturated heterocycles. The molecule has 1 N–H and O–H groups in total. The Bertz CT molecular complexity index is 444. The molecule has 1 aliphatic rings. The van der Waals surface area contributed by atoms with Gasteiger partial charge in [-0.2, -0.15) is 0 Å². The standard InChI is InChI=1S/C16H23NO3/c1-12-3-5-15(6-4-12)20-13(2)16(19)17-9-7-14(11-17)8-10-18/h3-6,13-14,18H,7-11H2,1-2H3. The molecule has 0 radical (unpaired) electrons. The summed E-state index contributed by atoms with van der Waals surface area (Å²) in [6.07, 6.45) is 1.28. The number of aliphatic hydroxyl groups excluding tert-OH is 1. The van der Waals surface area contributed by atoms with E-state index >= 15 is 0 Å². The third-order valence-corrected chi connectivity index (χ3v) is 3.82. The Balaban J connectivity index is 1.87. The molecular formula is C16H23NO3. The van der Waals surface area contributed by atoms with E-state index in [4.69, 9.17) is 9.84 Å². The normalized spacial score (nSPS) is 19.9. The van der Waals surface area contributed by atoms with Gasteiger partial charge in [0.25, 0.3) is 5.91 Å². The first-order valence-electron chi connectivity index (χ1n) is 7.23. The van der Waals surface area contributed by atoms with Crippen LogP contribution in [-0.4, -0.2) is 41.7 Å². The Labute approximate surface area is 120 Å². The van der Waals surface area contributed by atoms with Crippen LogP contribution in [0.25, 0.3) is 0 Å². The number of carbonyl (C=O) groups excluding carboxylic acids is 1. The van der Waals surface area contributed by atoms with Gasteiger partial charge in [0.2, 0.25) is 0 Å². The number of rotatable bonds is 5. The number of hydrogen-bond donors (Lipinski definition) is 1. The van der Waals surface area contributed by atoms with Crippen LogP contribution in [0.4, 0.5) is 0 Å². The van der Waals surface area contributed by atoms with Gasteiger partial charge in [-0.1, -0.05) is 17.7 Å². The minimum Gasteiger partial charge on any atom is -0.481 e. The van der Waals surface area contributed by atoms with Gasteiger partial charge in [-0.25, -0.2) is 0 Å². The van der Waals surface area contributed by atoms with Gasteiger partial charge >= 0.3 is 0 Å². The molecule has 1 amide bonds. The SMILES string of the molecule is Cc1ccc(OC(C)C(=O)N2CCC(CCO)C2)cc1. The average molecular weight is 277 g/mol. The zero-order chi connectivity index (χ0) is 14.5. The largest absolute Gasteiger partial charge is 0.481 e. The van der Waals surface area contributed by atoms with E-state index in [2.05, 4.69) is 0 Å². The summed E-state index contributed by atoms with van der Waals surface area (Å²) in [7, 11) is 0. The maximum absolute atomic E-state index is 12.3. The Morgan fingerprint density at radius 1 is 1.45 bits per heavy atom. The lowest BCUT2D eigenvalue weighted by Crippen LogP contribution is -2.39. The highest BCUT2D eigenvalue weighted by molar-refractivity contribution is 5.81. The molecule has 4 heteroatoms. The summed E-state index contributed by atoms with van der Waals surface area (Å²) in [4.78, 5) is 14.2. The fraction of sp³-hybridized carbons (Fsp3) is 0.562. The molecule has 1 aliphatic heterocycles. The summed E-state index contributed by atoms with van der Waals surface area (Å²) in [6, 6.07) is 7.72. The second kappa shape index (κ2) is 6.75. The zero-order valence-corrected chi connectivity index (χ0v) is 12.2. The second-order valence-corrected chi connectivity index (χ2v) is 5.52. The molecule has 2 rings (SSSR count). The number of aryl methyl sites for hydroxylation is 1. The molecule has 0 bridgehead atoms. The van der Waals surface area contributed by atoms with E-state index in [-0.39, 0.29) is 12.5 Å². The molecule has 4 nitrogen and oxygen atoms in total. The van der Waals surface area contributed by atoms with E-state index in [0.717, 1.165) is 31.7 Å². The molecule has 1 aromatic carbocycles. The van der Waals surface area contributed by atoms with E-state index in [9.17, 15) is 4.79 Å². The van der Waals surface area contributed by atoms with Gasteiger partial charge in [-0.15, -0.1) is 0 Å². The first kappa shape index (κ1) is 14.9. The van der Waals surface area contributed by atoms with E-state index in [0.29, 0.717) is 5.92 Å². The predicted octanol–water partition coefficient (Wildman–Crippen LogP) is 1.99. The molecule has 0 spiro atoms. The lowest BCUT2D eigenvalue weighted by molar-refractivity contribution is -0.137. The fourth-order valence-corrected chi connectivity index (χ4v) is 2.58. The topological polar surface area (TPSA) is 49.8 Å². The van der Waals surface area contributed by atoms with Gasteiger partial charge in [-0.05, 0) is 44.7 Å². The second-order valence-electron chi connectivity index (χ2n) is 5.52. The van der Waals surface area contributed by atoms with Gasteiger partial charge in [0.05, 0.1) is 0 Å². The molecule has 2 unspecified atom stereocenters. The van der Waals surface area contributed by atoms with E-state index in [1.165, 1.54) is 5.56 Å². The van der Waals surface area contributed by atoms with Crippen LogP contribution in [-0.2, 0) is 4.79 Å². The lowest BCUT2D eigenvalue weighted by atomic mass is 10.1. The summed E-state index contributed by atoms with van der Waals surface area (Å²) >= 11 is 0. The van der Waals surface area contributed by atoms with Gasteiger partial charge in [0.15, 0.2) is 6.10 Å². The van der Waals surface area contributed by atoms with Crippen LogP contribution in [0, 0.1) is 12.8 Å². The predicted molar refractivity (Wildman–Crippen MR) is 77.7 cm³/mol. The Morgan fingerprint density at radius 3 is 2.80 bits per heavy atom. The highest BCUT2D eigenvalue weighted by atomic mass is 16.5. The van der Waals surface area contributed by atoms with Crippen LogP contribution >= 0.6 is 0 Å². The molecule has 1 fully saturated rings. The number of amides is 1. The fourth-order valence-electron chi connectivity index (χ4n) is 2.58. The molecular weight excluding hydrogens is 254 g/mol. The third kappa shape index (κ3) is 3.73. The van der Waals surface area contributed by atoms with E-state index in [1.807, 2.05) is 36.1 Å². The quantitative estimate of drug-likeness (QED) is 0.895. The summed E-state index contributed by atoms with van der Waals surface area (Å²) in [5, 5.41) is 8.95. The maximum atomic E-state index is 12.3. The van der Waals surface area contributed by atoms with Crippen molar-refractivity contribution in [3.8, 4) is 5.75 Å². The van der Waals surface area contributed by atoms with Gasteiger partial charge in [0, 0.05) is 19.7 Å². The highest BCUT2D eigenvalue weighted by Gasteiger charge is 2.29. The first-order chi connectivity index (χ1) is 9.60. The average Bonchev–Trinajstić information content (AvgIpc) is 2.89. The van der Waals surface area contributed by atoms with Gasteiger partial charge in [-0.3, -0.25) is 4.79 Å². The molecule has 0 saturated carbocycles. The van der Waals surface area contributed by atoms with Crippen molar-refractivity contribution in [2.24, 2.45) is 5.92 Å². The van der Waals surface area contributed by atoms with Crippen molar-refractivity contribution in [1.82, 2.24) is 4.90 Å². The number of hydrogen-bond acceptors (Lipinski definition) is 3. The lowest BCUT2D eigenvalue weighted by Gasteiger charge is -2.22. The monoisotopic (exact) mass is 277 g/mol. The van der Waals surface area contributed by atoms with Crippen molar-refractivity contribution >= 4 is 5.91 Å². The Kier molecular flexibility index (Phi) is 5.01. The molecule has 1 heterocycles. The summed E-state index contributed by atoms with van der Waals surface area (Å²) in [5.41, 5.74) is 1.17. The van der Waals surface area contributed by atoms with Crippen LogP contribution in [0.5, 0.6) is 5.75 Å². The number of ether oxygens (including phenoxy) is 1. The molecule has 20 heavy (non-hydrogen) atoms. The number of aliphatic hydroxyl groups is 1. The van der Waals surface area contributed by atoms with E-state index in [1.54, 1.807) is 6.92 Å². The number of likely N-dealkylation sites (tertiary alicyclic amines) is 1.